The summed E-state index contributed by atoms with van der Waals surface area (Å²) >= 11 is 0. The minimum absolute atomic E-state index is 0.0502. The Kier molecular flexibility index (Phi) is 2.03. The number of nitrogens with one attached hydrogen (secondary N) is 1. The van der Waals surface area contributed by atoms with Gasteiger partial charge in [0.15, 0.2) is 0 Å². The van der Waals surface area contributed by atoms with Crippen molar-refractivity contribution in [3.8, 4) is 0 Å². The van der Waals surface area contributed by atoms with Crippen LogP contribution in [-0.4, -0.2) is 58.3 Å². The Morgan fingerprint density at radius 1 is 1.71 bits per heavy atom. The molecule has 1 aliphatic rings. The average molecular weight is 337 g/mol. The molecule has 0 unspecified atom stereocenters. The minimum Gasteiger partial charge on any atom is -0.354 e. The summed E-state index contributed by atoms with van der Waals surface area (Å²) in [6.45, 7) is -1.11. The van der Waals surface area contributed by atoms with Crippen LogP contribution in [0.2, 0.25) is 0 Å². The molecular formula is C17H22N6O. The number of aryl methyl sites for hydroxylation is 1. The predicted octanol–water partition coefficient (Wildman–Crippen LogP) is 1.86. The maximum atomic E-state index is 12.7. The van der Waals surface area contributed by atoms with E-state index in [1.807, 2.05) is 0 Å². The minimum atomic E-state index is -3.25. The van der Waals surface area contributed by atoms with Crippen LogP contribution in [-0.2, 0) is 4.79 Å². The molecule has 1 amide bonds. The lowest BCUT2D eigenvalue weighted by atomic mass is 9.92. The van der Waals surface area contributed by atoms with Crippen molar-refractivity contribution in [1.82, 2.24) is 19.9 Å². The number of rotatable bonds is 3. The number of H-pyrrole nitrogens is 1. The number of carbonyl (C=O) groups excluding carboxylic acids is 1. The van der Waals surface area contributed by atoms with E-state index in [1.54, 1.807) is 0 Å². The molecule has 24 heavy (non-hydrogen) atoms. The number of hydrogen-bond acceptors (Lipinski definition) is 4. The number of fused-ring (bicyclic) bond motifs is 1. The summed E-state index contributed by atoms with van der Waals surface area (Å²) in [4.78, 5) is 26.4. The summed E-state index contributed by atoms with van der Waals surface area (Å²) in [6, 6.07) is -2.30. The fourth-order valence-electron chi connectivity index (χ4n) is 2.32. The van der Waals surface area contributed by atoms with E-state index >= 15 is 0 Å². The molecule has 0 bridgehead atoms. The van der Waals surface area contributed by atoms with E-state index in [0.29, 0.717) is 4.90 Å². The number of likely N-dealkylation sites (N-methyl/N-ethyl adjacent to an activating group) is 1. The van der Waals surface area contributed by atoms with Gasteiger partial charge in [-0.1, -0.05) is 6.92 Å². The first-order valence-corrected chi connectivity index (χ1v) is 7.11. The Labute approximate surface area is 157 Å². The second-order valence-electron chi connectivity index (χ2n) is 5.28. The summed E-state index contributed by atoms with van der Waals surface area (Å²) in [6.07, 6.45) is -3.65. The highest BCUT2D eigenvalue weighted by molar-refractivity contribution is 5.88. The summed E-state index contributed by atoms with van der Waals surface area (Å²) < 4.78 is 91.6. The Morgan fingerprint density at radius 3 is 3.29 bits per heavy atom. The first kappa shape index (κ1) is 7.51. The first-order chi connectivity index (χ1) is 15.8. The molecule has 3 heterocycles. The van der Waals surface area contributed by atoms with E-state index < -0.39 is 62.9 Å². The number of aromatic nitrogens is 3. The molecule has 0 radical (unpaired) electrons. The third-order valence-corrected chi connectivity index (χ3v) is 3.51. The van der Waals surface area contributed by atoms with Gasteiger partial charge in [0.25, 0.3) is 6.54 Å². The lowest BCUT2D eigenvalue weighted by Crippen LogP contribution is -2.53. The predicted molar refractivity (Wildman–Crippen MR) is 92.6 cm³/mol. The summed E-state index contributed by atoms with van der Waals surface area (Å²) in [7, 11) is 0. The lowest BCUT2D eigenvalue weighted by Gasteiger charge is -2.41. The zero-order chi connectivity index (χ0) is 26.9. The van der Waals surface area contributed by atoms with E-state index in [-0.39, 0.29) is 27.7 Å². The fourth-order valence-corrected chi connectivity index (χ4v) is 2.32. The van der Waals surface area contributed by atoms with Crippen LogP contribution in [0, 0.1) is 19.4 Å². The van der Waals surface area contributed by atoms with Gasteiger partial charge in [-0.05, 0) is 25.3 Å². The maximum Gasteiger partial charge on any atom is 0.302 e. The number of nitrogens with zero attached hydrogens (tertiary/aromatic N) is 5. The van der Waals surface area contributed by atoms with Gasteiger partial charge in [-0.25, -0.2) is 16.5 Å². The second-order valence-corrected chi connectivity index (χ2v) is 5.28. The first-order valence-electron chi connectivity index (χ1n) is 12.6. The van der Waals surface area contributed by atoms with Crippen LogP contribution in [0.4, 0.5) is 5.82 Å². The van der Waals surface area contributed by atoms with Gasteiger partial charge in [0.05, 0.1) is 15.5 Å². The highest BCUT2D eigenvalue weighted by Crippen LogP contribution is 2.29. The fraction of sp³-hybridized carbons (Fsp3) is 0.529. The number of anilines is 1. The number of aromatic amines is 1. The van der Waals surface area contributed by atoms with Gasteiger partial charge < -0.3 is 19.6 Å². The highest BCUT2D eigenvalue weighted by Gasteiger charge is 2.33. The van der Waals surface area contributed by atoms with Crippen LogP contribution < -0.4 is 4.90 Å². The number of hydrogen-bond donors (Lipinski definition) is 1. The number of piperidine rings is 1. The normalized spacial score (nSPS) is 34.4. The molecule has 7 nitrogen and oxygen atoms in total. The van der Waals surface area contributed by atoms with Gasteiger partial charge in [0.2, 0.25) is 0 Å². The third kappa shape index (κ3) is 2.92. The molecule has 126 valence electrons. The van der Waals surface area contributed by atoms with E-state index in [4.69, 9.17) is 21.7 Å². The standard InChI is InChI=1S/C17H22N6O/c1-11-5-6-23(15(24)8-18-3)9-14(11)22(4)17-13-7-12(2)21-16(13)19-10-20-17/h7,10-11,14H,5-6,8-9H2,1-2,4H3,(H,19,20,21)/t11-,14+/m1/s1/i4D3,5D2,6D2,7D,9D2,10D. The number of amides is 1. The largest absolute Gasteiger partial charge is 0.354 e. The summed E-state index contributed by atoms with van der Waals surface area (Å²) in [5, 5.41) is -0.161. The van der Waals surface area contributed by atoms with Crippen molar-refractivity contribution in [3.63, 3.8) is 0 Å². The molecular weight excluding hydrogens is 304 g/mol. The quantitative estimate of drug-likeness (QED) is 0.868. The molecule has 0 saturated carbocycles. The monoisotopic (exact) mass is 337 g/mol. The Bertz CT molecular complexity index is 1220. The zero-order valence-corrected chi connectivity index (χ0v) is 13.0. The van der Waals surface area contributed by atoms with Crippen LogP contribution in [0.5, 0.6) is 0 Å². The number of likely N-dealkylation sites (tertiary alicyclic amines) is 1. The SMILES string of the molecule is [2H]c1nc(N([C@@H]2[C@H](C)C([2H])([2H])C([2H])([2H])N(C(=O)C[N+]#[C-])C2([2H])[2H])C([2H])([2H])[2H])c2c([2H])c(C)[nH]c2n1. The van der Waals surface area contributed by atoms with Gasteiger partial charge in [-0.15, -0.1) is 0 Å². The Balaban J connectivity index is 2.41. The van der Waals surface area contributed by atoms with Crippen molar-refractivity contribution in [1.29, 1.82) is 0 Å². The molecule has 3 rings (SSSR count). The third-order valence-electron chi connectivity index (χ3n) is 3.51. The number of carbonyl (C=O) groups is 1. The Morgan fingerprint density at radius 2 is 2.54 bits per heavy atom. The van der Waals surface area contributed by atoms with E-state index in [1.165, 1.54) is 6.92 Å². The van der Waals surface area contributed by atoms with Gasteiger partial charge in [0.1, 0.15) is 19.1 Å². The molecule has 0 aromatic carbocycles. The second kappa shape index (κ2) is 6.48. The van der Waals surface area contributed by atoms with E-state index in [9.17, 15) is 4.79 Å². The molecule has 7 heteroatoms. The maximum absolute atomic E-state index is 12.7. The topological polar surface area (TPSA) is 69.5 Å². The molecule has 2 atom stereocenters. The van der Waals surface area contributed by atoms with Crippen molar-refractivity contribution in [2.24, 2.45) is 5.92 Å². The molecule has 1 N–H and O–H groups in total. The highest BCUT2D eigenvalue weighted by atomic mass is 16.2. The zero-order valence-electron chi connectivity index (χ0n) is 24.0. The van der Waals surface area contributed by atoms with Gasteiger partial charge >= 0.3 is 5.91 Å². The summed E-state index contributed by atoms with van der Waals surface area (Å²) in [5.41, 5.74) is 0.187. The smallest absolute Gasteiger partial charge is 0.302 e. The van der Waals surface area contributed by atoms with Gasteiger partial charge in [0, 0.05) is 35.3 Å². The van der Waals surface area contributed by atoms with Crippen LogP contribution >= 0.6 is 0 Å². The summed E-state index contributed by atoms with van der Waals surface area (Å²) in [5.74, 6) is -3.63. The lowest BCUT2D eigenvalue weighted by molar-refractivity contribution is -0.130. The molecule has 1 fully saturated rings. The Hall–Kier alpha value is -2.62. The molecule has 0 spiro atoms. The molecule has 1 aliphatic heterocycles. The van der Waals surface area contributed by atoms with Crippen molar-refractivity contribution in [2.75, 3.05) is 31.4 Å². The average Bonchev–Trinajstić information content (AvgIpc) is 2.96. The van der Waals surface area contributed by atoms with Crippen LogP contribution in [0.3, 0.4) is 0 Å². The van der Waals surface area contributed by atoms with Crippen molar-refractivity contribution >= 4 is 22.8 Å². The van der Waals surface area contributed by atoms with Crippen molar-refractivity contribution in [2.45, 2.75) is 26.3 Å². The van der Waals surface area contributed by atoms with Crippen molar-refractivity contribution in [3.05, 3.63) is 29.5 Å². The van der Waals surface area contributed by atoms with Crippen molar-refractivity contribution < 1.29 is 19.9 Å². The van der Waals surface area contributed by atoms with Crippen LogP contribution in [0.15, 0.2) is 12.3 Å². The van der Waals surface area contributed by atoms with E-state index in [2.05, 4.69) is 19.8 Å². The molecule has 1 saturated heterocycles. The molecule has 2 aromatic rings. The molecule has 0 aliphatic carbocycles. The van der Waals surface area contributed by atoms with E-state index in [0.717, 1.165) is 6.92 Å². The van der Waals surface area contributed by atoms with Crippen LogP contribution in [0.25, 0.3) is 15.9 Å². The van der Waals surface area contributed by atoms with Gasteiger partial charge in [-0.2, -0.15) is 0 Å². The van der Waals surface area contributed by atoms with Gasteiger partial charge in [-0.3, -0.25) is 4.79 Å². The molecule has 2 aromatic heterocycles. The van der Waals surface area contributed by atoms with Crippen LogP contribution in [0.1, 0.15) is 34.1 Å².